The number of nitrogens with zero attached hydrogens (tertiary/aromatic N) is 2. The van der Waals surface area contributed by atoms with Gasteiger partial charge in [-0.25, -0.2) is 4.99 Å². The molecule has 1 saturated heterocycles. The second-order valence-corrected chi connectivity index (χ2v) is 7.75. The summed E-state index contributed by atoms with van der Waals surface area (Å²) in [5, 5.41) is 6.87. The molecule has 2 N–H and O–H groups in total. The normalized spacial score (nSPS) is 20.0. The van der Waals surface area contributed by atoms with Gasteiger partial charge in [-0.05, 0) is 51.1 Å². The van der Waals surface area contributed by atoms with Crippen molar-refractivity contribution in [3.05, 3.63) is 29.3 Å². The molecule has 2 rings (SSSR count). The number of nitrogens with one attached hydrogen (secondary N) is 2. The maximum atomic E-state index is 5.54. The van der Waals surface area contributed by atoms with E-state index in [0.29, 0.717) is 18.6 Å². The highest BCUT2D eigenvalue weighted by molar-refractivity contribution is 7.98. The first-order valence-electron chi connectivity index (χ1n) is 9.54. The Morgan fingerprint density at radius 2 is 2.23 bits per heavy atom. The van der Waals surface area contributed by atoms with Crippen molar-refractivity contribution in [1.29, 1.82) is 0 Å². The van der Waals surface area contributed by atoms with E-state index < -0.39 is 0 Å². The van der Waals surface area contributed by atoms with E-state index in [9.17, 15) is 0 Å². The number of morpholine rings is 1. The van der Waals surface area contributed by atoms with Gasteiger partial charge in [-0.2, -0.15) is 0 Å². The molecule has 1 fully saturated rings. The fraction of sp³-hybridized carbons (Fsp3) is 0.650. The molecular weight excluding hydrogens is 344 g/mol. The van der Waals surface area contributed by atoms with Crippen molar-refractivity contribution < 1.29 is 4.74 Å². The third-order valence-corrected chi connectivity index (χ3v) is 5.56. The Bertz CT molecular complexity index is 593. The van der Waals surface area contributed by atoms with Crippen LogP contribution in [0.4, 0.5) is 0 Å². The molecular formula is C20H34N4OS. The number of guanidine groups is 1. The summed E-state index contributed by atoms with van der Waals surface area (Å²) in [6.07, 6.45) is 2.12. The van der Waals surface area contributed by atoms with E-state index in [2.05, 4.69) is 67.7 Å². The lowest BCUT2D eigenvalue weighted by Crippen LogP contribution is -2.53. The van der Waals surface area contributed by atoms with Gasteiger partial charge in [0.15, 0.2) is 5.96 Å². The van der Waals surface area contributed by atoms with Gasteiger partial charge in [0.2, 0.25) is 0 Å². The van der Waals surface area contributed by atoms with Crippen LogP contribution >= 0.6 is 11.8 Å². The van der Waals surface area contributed by atoms with Crippen LogP contribution in [0.2, 0.25) is 0 Å². The molecule has 1 heterocycles. The molecule has 1 aliphatic rings. The zero-order chi connectivity index (χ0) is 18.9. The summed E-state index contributed by atoms with van der Waals surface area (Å²) < 4.78 is 5.54. The van der Waals surface area contributed by atoms with Gasteiger partial charge in [-0.1, -0.05) is 12.1 Å². The Morgan fingerprint density at radius 3 is 2.92 bits per heavy atom. The van der Waals surface area contributed by atoms with Crippen molar-refractivity contribution in [2.24, 2.45) is 4.99 Å². The third kappa shape index (κ3) is 6.18. The van der Waals surface area contributed by atoms with E-state index in [1.807, 2.05) is 0 Å². The minimum atomic E-state index is 0.443. The lowest BCUT2D eigenvalue weighted by molar-refractivity contribution is -0.0174. The lowest BCUT2D eigenvalue weighted by Gasteiger charge is -2.38. The van der Waals surface area contributed by atoms with Gasteiger partial charge in [0, 0.05) is 36.6 Å². The zero-order valence-corrected chi connectivity index (χ0v) is 17.7. The van der Waals surface area contributed by atoms with Gasteiger partial charge in [-0.3, -0.25) is 4.90 Å². The van der Waals surface area contributed by atoms with E-state index in [1.54, 1.807) is 11.8 Å². The highest BCUT2D eigenvalue weighted by Crippen LogP contribution is 2.22. The number of thioether (sulfide) groups is 1. The van der Waals surface area contributed by atoms with Crippen molar-refractivity contribution >= 4 is 17.7 Å². The summed E-state index contributed by atoms with van der Waals surface area (Å²) in [5.41, 5.74) is 2.57. The summed E-state index contributed by atoms with van der Waals surface area (Å²) in [5.74, 6) is 0.882. The second-order valence-electron chi connectivity index (χ2n) is 6.90. The first-order chi connectivity index (χ1) is 12.5. The van der Waals surface area contributed by atoms with Gasteiger partial charge in [0.25, 0.3) is 0 Å². The third-order valence-electron chi connectivity index (χ3n) is 4.74. The Balaban J connectivity index is 1.96. The first-order valence-corrected chi connectivity index (χ1v) is 10.8. The van der Waals surface area contributed by atoms with Crippen LogP contribution in [-0.2, 0) is 11.3 Å². The predicted molar refractivity (Wildman–Crippen MR) is 112 cm³/mol. The van der Waals surface area contributed by atoms with Crippen LogP contribution < -0.4 is 10.6 Å². The Hall–Kier alpha value is -1.24. The molecule has 2 unspecified atom stereocenters. The predicted octanol–water partition coefficient (Wildman–Crippen LogP) is 2.88. The number of hydrogen-bond donors (Lipinski definition) is 2. The Labute approximate surface area is 163 Å². The number of ether oxygens (including phenoxy) is 1. The SMILES string of the molecule is CCNC(=NCc1ccc(C)cc1SC)NCC(C)N1CCOCC1C. The average Bonchev–Trinajstić information content (AvgIpc) is 2.64. The summed E-state index contributed by atoms with van der Waals surface area (Å²) in [6.45, 7) is 13.8. The number of aryl methyl sites for hydroxylation is 1. The van der Waals surface area contributed by atoms with E-state index in [0.717, 1.165) is 38.8 Å². The zero-order valence-electron chi connectivity index (χ0n) is 16.8. The molecule has 5 nitrogen and oxygen atoms in total. The van der Waals surface area contributed by atoms with Gasteiger partial charge in [0.05, 0.1) is 19.8 Å². The Kier molecular flexibility index (Phi) is 8.75. The number of aliphatic imine (C=N–C) groups is 1. The quantitative estimate of drug-likeness (QED) is 0.434. The van der Waals surface area contributed by atoms with Gasteiger partial charge < -0.3 is 15.4 Å². The van der Waals surface area contributed by atoms with Crippen LogP contribution in [0.1, 0.15) is 31.9 Å². The molecule has 0 aliphatic carbocycles. The van der Waals surface area contributed by atoms with Crippen molar-refractivity contribution in [1.82, 2.24) is 15.5 Å². The first kappa shape index (κ1) is 21.1. The van der Waals surface area contributed by atoms with E-state index in [-0.39, 0.29) is 0 Å². The summed E-state index contributed by atoms with van der Waals surface area (Å²) in [4.78, 5) is 8.61. The smallest absolute Gasteiger partial charge is 0.191 e. The lowest BCUT2D eigenvalue weighted by atomic mass is 10.1. The molecule has 1 aliphatic heterocycles. The van der Waals surface area contributed by atoms with Crippen LogP contribution in [0.25, 0.3) is 0 Å². The van der Waals surface area contributed by atoms with Crippen LogP contribution in [-0.4, -0.2) is 62.0 Å². The minimum absolute atomic E-state index is 0.443. The van der Waals surface area contributed by atoms with Crippen LogP contribution in [0.15, 0.2) is 28.1 Å². The molecule has 146 valence electrons. The molecule has 0 spiro atoms. The molecule has 0 aromatic heterocycles. The van der Waals surface area contributed by atoms with Crippen LogP contribution in [0.5, 0.6) is 0 Å². The van der Waals surface area contributed by atoms with Gasteiger partial charge >= 0.3 is 0 Å². The van der Waals surface area contributed by atoms with Crippen molar-refractivity contribution in [2.45, 2.75) is 51.2 Å². The molecule has 2 atom stereocenters. The van der Waals surface area contributed by atoms with Crippen molar-refractivity contribution in [2.75, 3.05) is 39.1 Å². The minimum Gasteiger partial charge on any atom is -0.379 e. The fourth-order valence-electron chi connectivity index (χ4n) is 3.24. The Morgan fingerprint density at radius 1 is 1.42 bits per heavy atom. The maximum Gasteiger partial charge on any atom is 0.191 e. The van der Waals surface area contributed by atoms with Crippen LogP contribution in [0, 0.1) is 6.92 Å². The fourth-order valence-corrected chi connectivity index (χ4v) is 3.94. The topological polar surface area (TPSA) is 48.9 Å². The molecule has 0 saturated carbocycles. The number of benzene rings is 1. The second kappa shape index (κ2) is 10.8. The summed E-state index contributed by atoms with van der Waals surface area (Å²) in [7, 11) is 0. The monoisotopic (exact) mass is 378 g/mol. The largest absolute Gasteiger partial charge is 0.379 e. The average molecular weight is 379 g/mol. The number of rotatable bonds is 7. The van der Waals surface area contributed by atoms with Crippen molar-refractivity contribution in [3.8, 4) is 0 Å². The number of hydrogen-bond acceptors (Lipinski definition) is 4. The van der Waals surface area contributed by atoms with Gasteiger partial charge in [0.1, 0.15) is 0 Å². The molecule has 1 aromatic carbocycles. The van der Waals surface area contributed by atoms with Gasteiger partial charge in [-0.15, -0.1) is 11.8 Å². The highest BCUT2D eigenvalue weighted by Gasteiger charge is 2.23. The van der Waals surface area contributed by atoms with E-state index in [4.69, 9.17) is 9.73 Å². The van der Waals surface area contributed by atoms with Crippen LogP contribution in [0.3, 0.4) is 0 Å². The standard InChI is InChI=1S/C20H34N4OS/c1-6-21-20(22-12-16(3)24-9-10-25-14-17(24)4)23-13-18-8-7-15(2)11-19(18)26-5/h7-8,11,16-17H,6,9-10,12-14H2,1-5H3,(H2,21,22,23). The summed E-state index contributed by atoms with van der Waals surface area (Å²) in [6, 6.07) is 7.49. The molecule has 0 bridgehead atoms. The molecule has 0 radical (unpaired) electrons. The van der Waals surface area contributed by atoms with Crippen molar-refractivity contribution in [3.63, 3.8) is 0 Å². The molecule has 1 aromatic rings. The van der Waals surface area contributed by atoms with E-state index >= 15 is 0 Å². The maximum absolute atomic E-state index is 5.54. The molecule has 26 heavy (non-hydrogen) atoms. The van der Waals surface area contributed by atoms with E-state index in [1.165, 1.54) is 16.0 Å². The molecule has 6 heteroatoms. The summed E-state index contributed by atoms with van der Waals surface area (Å²) >= 11 is 1.78. The highest BCUT2D eigenvalue weighted by atomic mass is 32.2. The molecule has 0 amide bonds.